The van der Waals surface area contributed by atoms with Gasteiger partial charge in [0.25, 0.3) is 0 Å². The van der Waals surface area contributed by atoms with Gasteiger partial charge in [0.15, 0.2) is 0 Å². The molecule has 1 aliphatic heterocycles. The lowest BCUT2D eigenvalue weighted by molar-refractivity contribution is 0.159. The summed E-state index contributed by atoms with van der Waals surface area (Å²) >= 11 is 0. The molecule has 0 aliphatic carbocycles. The minimum Gasteiger partial charge on any atom is -0.301 e. The largest absolute Gasteiger partial charge is 0.301 e. The van der Waals surface area contributed by atoms with Gasteiger partial charge in [0, 0.05) is 32.7 Å². The molecule has 1 fully saturated rings. The van der Waals surface area contributed by atoms with Gasteiger partial charge in [-0.25, -0.2) is 0 Å². The predicted molar refractivity (Wildman–Crippen MR) is 48.3 cm³/mol. The molecule has 0 bridgehead atoms. The van der Waals surface area contributed by atoms with Crippen LogP contribution in [0.3, 0.4) is 0 Å². The first-order chi connectivity index (χ1) is 5.36. The van der Waals surface area contributed by atoms with Gasteiger partial charge in [0.2, 0.25) is 0 Å². The standard InChI is InChI=1S/C9H19N2/c1-3-5-11-8-6-10(4-2)7-9-11/h5H,3-4,6-9H2,1-2H3. The van der Waals surface area contributed by atoms with E-state index in [0.29, 0.717) is 0 Å². The molecule has 2 nitrogen and oxygen atoms in total. The van der Waals surface area contributed by atoms with Gasteiger partial charge in [-0.2, -0.15) is 0 Å². The summed E-state index contributed by atoms with van der Waals surface area (Å²) in [5, 5.41) is 0. The molecule has 2 heteroatoms. The zero-order chi connectivity index (χ0) is 8.10. The summed E-state index contributed by atoms with van der Waals surface area (Å²) in [6.07, 6.45) is 1.17. The maximum Gasteiger partial charge on any atom is 0.0249 e. The second kappa shape index (κ2) is 4.73. The molecule has 0 atom stereocenters. The Morgan fingerprint density at radius 1 is 1.09 bits per heavy atom. The Kier molecular flexibility index (Phi) is 3.87. The third kappa shape index (κ3) is 2.80. The Labute approximate surface area is 70.2 Å². The topological polar surface area (TPSA) is 6.48 Å². The van der Waals surface area contributed by atoms with E-state index >= 15 is 0 Å². The van der Waals surface area contributed by atoms with Gasteiger partial charge in [-0.1, -0.05) is 13.8 Å². The van der Waals surface area contributed by atoms with Gasteiger partial charge in [0.1, 0.15) is 0 Å². The molecule has 0 unspecified atom stereocenters. The van der Waals surface area contributed by atoms with Crippen LogP contribution in [0.25, 0.3) is 0 Å². The van der Waals surface area contributed by atoms with Crippen molar-refractivity contribution in [3.63, 3.8) is 0 Å². The van der Waals surface area contributed by atoms with Crippen molar-refractivity contribution in [1.29, 1.82) is 0 Å². The summed E-state index contributed by atoms with van der Waals surface area (Å²) in [6, 6.07) is 0. The number of hydrogen-bond donors (Lipinski definition) is 0. The zero-order valence-electron chi connectivity index (χ0n) is 7.71. The second-order valence-electron chi connectivity index (χ2n) is 3.06. The molecule has 0 aromatic heterocycles. The number of hydrogen-bond acceptors (Lipinski definition) is 2. The summed E-state index contributed by atoms with van der Waals surface area (Å²) in [5.74, 6) is 0. The molecule has 0 aromatic rings. The molecule has 0 aromatic carbocycles. The smallest absolute Gasteiger partial charge is 0.0249 e. The van der Waals surface area contributed by atoms with E-state index in [9.17, 15) is 0 Å². The first kappa shape index (κ1) is 9.01. The summed E-state index contributed by atoms with van der Waals surface area (Å²) in [4.78, 5) is 4.94. The first-order valence-corrected chi connectivity index (χ1v) is 4.66. The van der Waals surface area contributed by atoms with Crippen LogP contribution in [-0.4, -0.2) is 42.5 Å². The quantitative estimate of drug-likeness (QED) is 0.604. The molecule has 0 N–H and O–H groups in total. The number of rotatable bonds is 3. The maximum atomic E-state index is 2.50. The molecule has 0 amide bonds. The third-order valence-electron chi connectivity index (χ3n) is 2.29. The van der Waals surface area contributed by atoms with Crippen LogP contribution in [-0.2, 0) is 0 Å². The van der Waals surface area contributed by atoms with Crippen LogP contribution in [0.4, 0.5) is 0 Å². The van der Waals surface area contributed by atoms with E-state index in [4.69, 9.17) is 0 Å². The fourth-order valence-electron chi connectivity index (χ4n) is 1.52. The Morgan fingerprint density at radius 2 is 1.73 bits per heavy atom. The minimum absolute atomic E-state index is 1.17. The highest BCUT2D eigenvalue weighted by Crippen LogP contribution is 2.03. The van der Waals surface area contributed by atoms with Crippen LogP contribution in [0.2, 0.25) is 0 Å². The summed E-state index contributed by atoms with van der Waals surface area (Å²) in [6.45, 7) is 12.9. The molecule has 1 rings (SSSR count). The highest BCUT2D eigenvalue weighted by Gasteiger charge is 2.13. The molecule has 0 saturated carbocycles. The normalized spacial score (nSPS) is 22.4. The van der Waals surface area contributed by atoms with Crippen LogP contribution in [0.15, 0.2) is 0 Å². The fraction of sp³-hybridized carbons (Fsp3) is 0.889. The maximum absolute atomic E-state index is 2.50. The van der Waals surface area contributed by atoms with E-state index in [-0.39, 0.29) is 0 Å². The van der Waals surface area contributed by atoms with Crippen LogP contribution in [0, 0.1) is 6.54 Å². The Bertz CT molecular complexity index is 95.7. The van der Waals surface area contributed by atoms with E-state index in [1.807, 2.05) is 0 Å². The molecule has 1 saturated heterocycles. The van der Waals surface area contributed by atoms with E-state index < -0.39 is 0 Å². The van der Waals surface area contributed by atoms with Crippen molar-refractivity contribution in [2.75, 3.05) is 32.7 Å². The molecule has 1 radical (unpaired) electrons. The lowest BCUT2D eigenvalue weighted by atomic mass is 10.3. The third-order valence-corrected chi connectivity index (χ3v) is 2.29. The number of nitrogens with zero attached hydrogens (tertiary/aromatic N) is 2. The van der Waals surface area contributed by atoms with Crippen LogP contribution >= 0.6 is 0 Å². The monoisotopic (exact) mass is 155 g/mol. The van der Waals surface area contributed by atoms with Crippen LogP contribution < -0.4 is 0 Å². The van der Waals surface area contributed by atoms with E-state index in [2.05, 4.69) is 30.2 Å². The van der Waals surface area contributed by atoms with Crippen LogP contribution in [0.5, 0.6) is 0 Å². The Morgan fingerprint density at radius 3 is 2.18 bits per heavy atom. The van der Waals surface area contributed by atoms with Gasteiger partial charge in [-0.3, -0.25) is 4.90 Å². The molecular weight excluding hydrogens is 136 g/mol. The van der Waals surface area contributed by atoms with Gasteiger partial charge in [-0.15, -0.1) is 0 Å². The van der Waals surface area contributed by atoms with Gasteiger partial charge in [0.05, 0.1) is 0 Å². The average Bonchev–Trinajstić information content (AvgIpc) is 2.07. The second-order valence-corrected chi connectivity index (χ2v) is 3.06. The summed E-state index contributed by atoms with van der Waals surface area (Å²) < 4.78 is 0. The minimum atomic E-state index is 1.17. The molecular formula is C9H19N2. The van der Waals surface area contributed by atoms with Crippen molar-refractivity contribution in [1.82, 2.24) is 9.80 Å². The van der Waals surface area contributed by atoms with Gasteiger partial charge in [-0.05, 0) is 13.0 Å². The van der Waals surface area contributed by atoms with Crippen molar-refractivity contribution >= 4 is 0 Å². The summed E-state index contributed by atoms with van der Waals surface area (Å²) in [5.41, 5.74) is 0. The van der Waals surface area contributed by atoms with E-state index in [0.717, 1.165) is 0 Å². The van der Waals surface area contributed by atoms with Crippen molar-refractivity contribution in [2.45, 2.75) is 20.3 Å². The van der Waals surface area contributed by atoms with Crippen molar-refractivity contribution < 1.29 is 0 Å². The molecule has 1 aliphatic rings. The first-order valence-electron chi connectivity index (χ1n) is 4.66. The molecule has 1 heterocycles. The van der Waals surface area contributed by atoms with E-state index in [1.165, 1.54) is 39.1 Å². The summed E-state index contributed by atoms with van der Waals surface area (Å²) in [7, 11) is 0. The van der Waals surface area contributed by atoms with E-state index in [1.54, 1.807) is 0 Å². The average molecular weight is 155 g/mol. The van der Waals surface area contributed by atoms with Gasteiger partial charge < -0.3 is 4.90 Å². The zero-order valence-corrected chi connectivity index (χ0v) is 7.71. The predicted octanol–water partition coefficient (Wildman–Crippen LogP) is 1.20. The number of likely N-dealkylation sites (N-methyl/N-ethyl adjacent to an activating group) is 1. The highest BCUT2D eigenvalue weighted by atomic mass is 15.3. The SMILES string of the molecule is CC[CH]N1CCN(CC)CC1. The van der Waals surface area contributed by atoms with Crippen molar-refractivity contribution in [3.8, 4) is 0 Å². The lowest BCUT2D eigenvalue weighted by Gasteiger charge is -2.33. The van der Waals surface area contributed by atoms with Crippen LogP contribution in [0.1, 0.15) is 20.3 Å². The molecule has 11 heavy (non-hydrogen) atoms. The fourth-order valence-corrected chi connectivity index (χ4v) is 1.52. The lowest BCUT2D eigenvalue weighted by Crippen LogP contribution is -2.44. The number of piperazine rings is 1. The highest BCUT2D eigenvalue weighted by molar-refractivity contribution is 4.75. The molecule has 65 valence electrons. The molecule has 0 spiro atoms. The Hall–Kier alpha value is -0.0800. The van der Waals surface area contributed by atoms with Crippen molar-refractivity contribution in [2.24, 2.45) is 0 Å². The Balaban J connectivity index is 2.14. The van der Waals surface area contributed by atoms with Gasteiger partial charge >= 0.3 is 0 Å². The van der Waals surface area contributed by atoms with Crippen molar-refractivity contribution in [3.05, 3.63) is 6.54 Å².